The Hall–Kier alpha value is -4.40. The van der Waals surface area contributed by atoms with Crippen LogP contribution in [0.3, 0.4) is 0 Å². The number of carboxylic acids is 1. The predicted octanol–water partition coefficient (Wildman–Crippen LogP) is 3.75. The first-order valence-corrected chi connectivity index (χ1v) is 11.1. The summed E-state index contributed by atoms with van der Waals surface area (Å²) in [5.74, 6) is 0.249. The molecule has 3 aromatic rings. The summed E-state index contributed by atoms with van der Waals surface area (Å²) in [7, 11) is 0. The highest BCUT2D eigenvalue weighted by Crippen LogP contribution is 2.25. The molecule has 180 valence electrons. The first-order chi connectivity index (χ1) is 16.9. The van der Waals surface area contributed by atoms with E-state index in [2.05, 4.69) is 10.3 Å². The van der Waals surface area contributed by atoms with Crippen LogP contribution in [0.2, 0.25) is 0 Å². The number of aromatic nitrogens is 1. The van der Waals surface area contributed by atoms with Gasteiger partial charge in [-0.2, -0.15) is 0 Å². The number of nitrogens with zero attached hydrogens (tertiary/aromatic N) is 2. The number of amides is 2. The van der Waals surface area contributed by atoms with Gasteiger partial charge in [-0.3, -0.25) is 9.59 Å². The topological polar surface area (TPSA) is 118 Å². The van der Waals surface area contributed by atoms with E-state index in [0.717, 1.165) is 6.42 Å². The van der Waals surface area contributed by atoms with E-state index in [0.29, 0.717) is 36.0 Å². The summed E-state index contributed by atoms with van der Waals surface area (Å²) in [4.78, 5) is 41.1. The Kier molecular flexibility index (Phi) is 7.25. The molecule has 2 amide bonds. The van der Waals surface area contributed by atoms with Crippen molar-refractivity contribution in [1.29, 1.82) is 0 Å². The average Bonchev–Trinajstić information content (AvgIpc) is 3.31. The van der Waals surface area contributed by atoms with Crippen LogP contribution >= 0.6 is 0 Å². The molecule has 0 saturated carbocycles. The fourth-order valence-electron chi connectivity index (χ4n) is 3.74. The number of rotatable bonds is 8. The molecule has 1 fully saturated rings. The highest BCUT2D eigenvalue weighted by Gasteiger charge is 2.25. The standard InChI is InChI=1S/C26H25N3O6/c1-17(30)29-13-12-21(16-29)34-19-7-9-20(10-8-19)35-25-11-6-18(15-27-25)14-24(31)28-23-5-3-2-4-22(23)26(32)33/h2-11,15,21H,12-14,16H2,1H3,(H,28,31)(H,32,33). The van der Waals surface area contributed by atoms with Crippen LogP contribution in [-0.2, 0) is 16.0 Å². The maximum atomic E-state index is 12.3. The fraction of sp³-hybridized carbons (Fsp3) is 0.231. The molecule has 0 spiro atoms. The van der Waals surface area contributed by atoms with Crippen LogP contribution in [0.25, 0.3) is 0 Å². The van der Waals surface area contributed by atoms with Gasteiger partial charge in [0.25, 0.3) is 0 Å². The minimum atomic E-state index is -1.11. The molecule has 4 rings (SSSR count). The van der Waals surface area contributed by atoms with Gasteiger partial charge in [0.2, 0.25) is 17.7 Å². The minimum absolute atomic E-state index is 0.0188. The summed E-state index contributed by atoms with van der Waals surface area (Å²) in [5.41, 5.74) is 0.928. The molecule has 0 bridgehead atoms. The van der Waals surface area contributed by atoms with Gasteiger partial charge >= 0.3 is 5.97 Å². The van der Waals surface area contributed by atoms with Gasteiger partial charge in [0, 0.05) is 32.2 Å². The summed E-state index contributed by atoms with van der Waals surface area (Å²) in [6, 6.07) is 16.8. The second-order valence-electron chi connectivity index (χ2n) is 8.15. The van der Waals surface area contributed by atoms with Crippen molar-refractivity contribution in [1.82, 2.24) is 9.88 Å². The molecule has 1 atom stereocenters. The number of anilines is 1. The molecule has 0 aliphatic carbocycles. The van der Waals surface area contributed by atoms with Gasteiger partial charge in [0.15, 0.2) is 0 Å². The Bertz CT molecular complexity index is 1210. The first kappa shape index (κ1) is 23.7. The van der Waals surface area contributed by atoms with Crippen LogP contribution in [0.5, 0.6) is 17.4 Å². The van der Waals surface area contributed by atoms with Crippen LogP contribution in [0.1, 0.15) is 29.3 Å². The zero-order chi connectivity index (χ0) is 24.8. The third-order valence-electron chi connectivity index (χ3n) is 5.53. The molecule has 1 aliphatic rings. The summed E-state index contributed by atoms with van der Waals surface area (Å²) < 4.78 is 11.7. The molecule has 1 unspecified atom stereocenters. The van der Waals surface area contributed by atoms with Crippen molar-refractivity contribution in [3.05, 3.63) is 78.0 Å². The van der Waals surface area contributed by atoms with Gasteiger partial charge in [0.1, 0.15) is 17.6 Å². The number of carboxylic acid groups (broad SMARTS) is 1. The number of nitrogens with one attached hydrogen (secondary N) is 1. The lowest BCUT2D eigenvalue weighted by Crippen LogP contribution is -2.28. The maximum absolute atomic E-state index is 12.3. The second kappa shape index (κ2) is 10.7. The fourth-order valence-corrected chi connectivity index (χ4v) is 3.74. The lowest BCUT2D eigenvalue weighted by Gasteiger charge is -2.15. The Morgan fingerprint density at radius 2 is 1.80 bits per heavy atom. The lowest BCUT2D eigenvalue weighted by atomic mass is 10.1. The van der Waals surface area contributed by atoms with Gasteiger partial charge in [0.05, 0.1) is 24.2 Å². The quantitative estimate of drug-likeness (QED) is 0.509. The van der Waals surface area contributed by atoms with E-state index in [1.807, 2.05) is 0 Å². The van der Waals surface area contributed by atoms with E-state index >= 15 is 0 Å². The maximum Gasteiger partial charge on any atom is 0.337 e. The first-order valence-electron chi connectivity index (χ1n) is 11.1. The summed E-state index contributed by atoms with van der Waals surface area (Å²) in [6.45, 7) is 2.86. The van der Waals surface area contributed by atoms with Gasteiger partial charge in [-0.25, -0.2) is 9.78 Å². The van der Waals surface area contributed by atoms with Crippen molar-refractivity contribution >= 4 is 23.5 Å². The number of para-hydroxylation sites is 1. The molecule has 9 heteroatoms. The number of hydrogen-bond acceptors (Lipinski definition) is 6. The Morgan fingerprint density at radius 3 is 2.46 bits per heavy atom. The largest absolute Gasteiger partial charge is 0.489 e. The van der Waals surface area contributed by atoms with Crippen molar-refractivity contribution in [2.24, 2.45) is 0 Å². The van der Waals surface area contributed by atoms with E-state index in [1.165, 1.54) is 12.3 Å². The van der Waals surface area contributed by atoms with Crippen LogP contribution in [0.4, 0.5) is 5.69 Å². The Labute approximate surface area is 202 Å². The third kappa shape index (κ3) is 6.35. The van der Waals surface area contributed by atoms with Crippen LogP contribution in [0.15, 0.2) is 66.9 Å². The lowest BCUT2D eigenvalue weighted by molar-refractivity contribution is -0.128. The number of ether oxygens (including phenoxy) is 2. The Morgan fingerprint density at radius 1 is 1.06 bits per heavy atom. The monoisotopic (exact) mass is 475 g/mol. The highest BCUT2D eigenvalue weighted by atomic mass is 16.5. The van der Waals surface area contributed by atoms with Crippen molar-refractivity contribution < 1.29 is 29.0 Å². The molecule has 9 nitrogen and oxygen atoms in total. The van der Waals surface area contributed by atoms with Crippen LogP contribution in [0, 0.1) is 0 Å². The predicted molar refractivity (Wildman–Crippen MR) is 128 cm³/mol. The molecule has 0 radical (unpaired) electrons. The number of carbonyl (C=O) groups is 3. The van der Waals surface area contributed by atoms with E-state index in [4.69, 9.17) is 9.47 Å². The minimum Gasteiger partial charge on any atom is -0.489 e. The van der Waals surface area contributed by atoms with Gasteiger partial charge < -0.3 is 24.8 Å². The molecule has 2 heterocycles. The molecule has 1 saturated heterocycles. The number of aromatic carboxylic acids is 1. The summed E-state index contributed by atoms with van der Waals surface area (Å²) >= 11 is 0. The van der Waals surface area contributed by atoms with E-state index < -0.39 is 5.97 Å². The van der Waals surface area contributed by atoms with Crippen molar-refractivity contribution in [3.8, 4) is 17.4 Å². The van der Waals surface area contributed by atoms with Crippen LogP contribution < -0.4 is 14.8 Å². The molecule has 2 aromatic carbocycles. The van der Waals surface area contributed by atoms with Crippen molar-refractivity contribution in [3.63, 3.8) is 0 Å². The number of likely N-dealkylation sites (tertiary alicyclic amines) is 1. The summed E-state index contributed by atoms with van der Waals surface area (Å²) in [6.07, 6.45) is 2.36. The normalized spacial score (nSPS) is 14.9. The molecule has 35 heavy (non-hydrogen) atoms. The zero-order valence-electron chi connectivity index (χ0n) is 19.1. The van der Waals surface area contributed by atoms with E-state index in [9.17, 15) is 19.5 Å². The van der Waals surface area contributed by atoms with Crippen molar-refractivity contribution in [2.45, 2.75) is 25.9 Å². The highest BCUT2D eigenvalue weighted by molar-refractivity contribution is 6.00. The van der Waals surface area contributed by atoms with Crippen molar-refractivity contribution in [2.75, 3.05) is 18.4 Å². The molecule has 1 aromatic heterocycles. The zero-order valence-corrected chi connectivity index (χ0v) is 19.1. The van der Waals surface area contributed by atoms with Crippen LogP contribution in [-0.4, -0.2) is 52.0 Å². The van der Waals surface area contributed by atoms with Gasteiger partial charge in [-0.15, -0.1) is 0 Å². The summed E-state index contributed by atoms with van der Waals surface area (Å²) in [5, 5.41) is 11.9. The smallest absolute Gasteiger partial charge is 0.337 e. The number of hydrogen-bond donors (Lipinski definition) is 2. The average molecular weight is 476 g/mol. The van der Waals surface area contributed by atoms with Gasteiger partial charge in [-0.1, -0.05) is 18.2 Å². The second-order valence-corrected chi connectivity index (χ2v) is 8.15. The number of carbonyl (C=O) groups excluding carboxylic acids is 2. The Balaban J connectivity index is 1.29. The molecular weight excluding hydrogens is 450 g/mol. The van der Waals surface area contributed by atoms with E-state index in [-0.39, 0.29) is 35.6 Å². The van der Waals surface area contributed by atoms with Gasteiger partial charge in [-0.05, 0) is 42.0 Å². The molecule has 1 aliphatic heterocycles. The van der Waals surface area contributed by atoms with E-state index in [1.54, 1.807) is 66.4 Å². The molecular formula is C26H25N3O6. The number of pyridine rings is 1. The number of benzene rings is 2. The third-order valence-corrected chi connectivity index (χ3v) is 5.53. The SMILES string of the molecule is CC(=O)N1CCC(Oc2ccc(Oc3ccc(CC(=O)Nc4ccccc4C(=O)O)cn3)cc2)C1. The molecule has 2 N–H and O–H groups in total.